The topological polar surface area (TPSA) is 123 Å². The maximum Gasteiger partial charge on any atom is 1.00 e. The number of aromatic hydroxyl groups is 2. The van der Waals surface area contributed by atoms with Gasteiger partial charge in [-0.3, -0.25) is 4.79 Å². The van der Waals surface area contributed by atoms with Gasteiger partial charge in [0, 0.05) is 17.5 Å². The molecule has 0 aliphatic rings. The Hall–Kier alpha value is -2.61. The second-order valence-corrected chi connectivity index (χ2v) is 5.82. The standard InChI is InChI=1S/C19H16N2O5.Na/c1-10-2-3-11(8-15(10)22)9-20-18(24)14-7-5-12-4-6-13(19(25)26)17(23)16(12)21-14;/h2-8,22-23H,9H2,1H3,(H,20,24)(H,25,26);/q;+1/p-1. The zero-order valence-electron chi connectivity index (χ0n) is 14.8. The Labute approximate surface area is 177 Å². The van der Waals surface area contributed by atoms with E-state index in [2.05, 4.69) is 10.3 Å². The average molecular weight is 374 g/mol. The van der Waals surface area contributed by atoms with Gasteiger partial charge >= 0.3 is 29.6 Å². The number of carboxylic acids is 1. The molecule has 3 N–H and O–H groups in total. The van der Waals surface area contributed by atoms with E-state index in [-0.39, 0.29) is 53.1 Å². The second kappa shape index (κ2) is 8.39. The molecule has 1 heterocycles. The quantitative estimate of drug-likeness (QED) is 0.466. The molecule has 0 bridgehead atoms. The number of fused-ring (bicyclic) bond motifs is 1. The Morgan fingerprint density at radius 1 is 1.11 bits per heavy atom. The minimum atomic E-state index is -1.53. The minimum absolute atomic E-state index is 0. The van der Waals surface area contributed by atoms with E-state index in [4.69, 9.17) is 0 Å². The number of pyridine rings is 1. The number of aromatic carboxylic acids is 1. The first-order valence-corrected chi connectivity index (χ1v) is 7.77. The van der Waals surface area contributed by atoms with Crippen molar-refractivity contribution in [2.24, 2.45) is 0 Å². The van der Waals surface area contributed by atoms with Crippen LogP contribution in [-0.2, 0) is 6.54 Å². The summed E-state index contributed by atoms with van der Waals surface area (Å²) in [5.41, 5.74) is 1.09. The van der Waals surface area contributed by atoms with E-state index in [0.717, 1.165) is 5.56 Å². The summed E-state index contributed by atoms with van der Waals surface area (Å²) in [6.45, 7) is 1.95. The van der Waals surface area contributed by atoms with Gasteiger partial charge in [0.1, 0.15) is 17.0 Å². The Kier molecular flexibility index (Phi) is 6.43. The molecule has 2 aromatic carbocycles. The SMILES string of the molecule is Cc1ccc(CNC(=O)c2ccc3ccc(C(=O)[O-])c(O)c3n2)cc1O.[Na+]. The van der Waals surface area contributed by atoms with Gasteiger partial charge in [0.05, 0.1) is 5.97 Å². The van der Waals surface area contributed by atoms with Crippen LogP contribution in [0.2, 0.25) is 0 Å². The van der Waals surface area contributed by atoms with Gasteiger partial charge in [-0.05, 0) is 36.2 Å². The van der Waals surface area contributed by atoms with Crippen LogP contribution in [0, 0.1) is 6.92 Å². The maximum absolute atomic E-state index is 12.3. The van der Waals surface area contributed by atoms with E-state index >= 15 is 0 Å². The van der Waals surface area contributed by atoms with Crippen LogP contribution in [0.3, 0.4) is 0 Å². The Balaban J connectivity index is 0.00000261. The summed E-state index contributed by atoms with van der Waals surface area (Å²) in [6.07, 6.45) is 0. The van der Waals surface area contributed by atoms with E-state index in [0.29, 0.717) is 10.9 Å². The number of phenolic OH excluding ortho intramolecular Hbond substituents is 1. The van der Waals surface area contributed by atoms with Gasteiger partial charge in [-0.2, -0.15) is 0 Å². The Morgan fingerprint density at radius 3 is 2.48 bits per heavy atom. The number of hydrogen-bond donors (Lipinski definition) is 3. The van der Waals surface area contributed by atoms with Crippen LogP contribution in [0.25, 0.3) is 10.9 Å². The van der Waals surface area contributed by atoms with E-state index in [1.54, 1.807) is 31.2 Å². The molecule has 0 aliphatic heterocycles. The minimum Gasteiger partial charge on any atom is -0.545 e. The molecule has 1 aromatic heterocycles. The van der Waals surface area contributed by atoms with Crippen molar-refractivity contribution in [3.05, 3.63) is 64.8 Å². The molecular formula is C19H15N2NaO5. The number of amides is 1. The molecule has 1 amide bonds. The number of rotatable bonds is 4. The number of hydrogen-bond acceptors (Lipinski definition) is 6. The molecule has 3 aromatic rings. The molecule has 3 rings (SSSR count). The molecule has 0 unspecified atom stereocenters. The van der Waals surface area contributed by atoms with E-state index in [9.17, 15) is 24.9 Å². The second-order valence-electron chi connectivity index (χ2n) is 5.82. The maximum atomic E-state index is 12.3. The van der Waals surface area contributed by atoms with Crippen LogP contribution < -0.4 is 40.0 Å². The fraction of sp³-hybridized carbons (Fsp3) is 0.105. The Morgan fingerprint density at radius 2 is 1.81 bits per heavy atom. The van der Waals surface area contributed by atoms with Crippen molar-refractivity contribution in [1.29, 1.82) is 0 Å². The number of nitrogens with one attached hydrogen (secondary N) is 1. The summed E-state index contributed by atoms with van der Waals surface area (Å²) in [7, 11) is 0. The van der Waals surface area contributed by atoms with Crippen molar-refractivity contribution in [3.8, 4) is 11.5 Å². The molecule has 132 valence electrons. The first kappa shape index (κ1) is 20.7. The van der Waals surface area contributed by atoms with Crippen LogP contribution in [0.1, 0.15) is 32.0 Å². The number of carboxylic acid groups (broad SMARTS) is 1. The van der Waals surface area contributed by atoms with Crippen molar-refractivity contribution < 1.29 is 54.5 Å². The first-order valence-electron chi connectivity index (χ1n) is 7.77. The van der Waals surface area contributed by atoms with Crippen LogP contribution in [0.4, 0.5) is 0 Å². The van der Waals surface area contributed by atoms with Crippen LogP contribution in [-0.4, -0.2) is 27.1 Å². The monoisotopic (exact) mass is 374 g/mol. The van der Waals surface area contributed by atoms with Gasteiger partial charge in [0.25, 0.3) is 5.91 Å². The predicted octanol–water partition coefficient (Wildman–Crippen LogP) is -1.75. The number of carbonyl (C=O) groups is 2. The van der Waals surface area contributed by atoms with Crippen molar-refractivity contribution in [1.82, 2.24) is 10.3 Å². The molecule has 0 radical (unpaired) electrons. The third kappa shape index (κ3) is 4.39. The summed E-state index contributed by atoms with van der Waals surface area (Å²) in [6, 6.07) is 10.8. The Bertz CT molecular complexity index is 1040. The molecule has 0 fully saturated rings. The van der Waals surface area contributed by atoms with Crippen molar-refractivity contribution in [3.63, 3.8) is 0 Å². The third-order valence-electron chi connectivity index (χ3n) is 4.01. The van der Waals surface area contributed by atoms with Gasteiger partial charge < -0.3 is 25.4 Å². The number of aromatic nitrogens is 1. The molecule has 0 spiro atoms. The zero-order chi connectivity index (χ0) is 18.8. The fourth-order valence-electron chi connectivity index (χ4n) is 2.50. The van der Waals surface area contributed by atoms with Gasteiger partial charge in [0.15, 0.2) is 5.75 Å². The number of nitrogens with zero attached hydrogens (tertiary/aromatic N) is 1. The van der Waals surface area contributed by atoms with Crippen LogP contribution in [0.5, 0.6) is 11.5 Å². The van der Waals surface area contributed by atoms with Crippen molar-refractivity contribution >= 4 is 22.8 Å². The van der Waals surface area contributed by atoms with E-state index < -0.39 is 23.2 Å². The zero-order valence-corrected chi connectivity index (χ0v) is 16.8. The molecule has 0 aliphatic carbocycles. The molecule has 0 saturated carbocycles. The summed E-state index contributed by atoms with van der Waals surface area (Å²) >= 11 is 0. The molecular weight excluding hydrogens is 359 g/mol. The third-order valence-corrected chi connectivity index (χ3v) is 4.01. The fourth-order valence-corrected chi connectivity index (χ4v) is 2.50. The number of carbonyl (C=O) groups excluding carboxylic acids is 2. The van der Waals surface area contributed by atoms with Gasteiger partial charge in [-0.1, -0.05) is 24.3 Å². The van der Waals surface area contributed by atoms with Gasteiger partial charge in [0.2, 0.25) is 0 Å². The van der Waals surface area contributed by atoms with E-state index in [1.807, 2.05) is 0 Å². The van der Waals surface area contributed by atoms with Crippen molar-refractivity contribution in [2.45, 2.75) is 13.5 Å². The smallest absolute Gasteiger partial charge is 0.545 e. The number of phenols is 2. The summed E-state index contributed by atoms with van der Waals surface area (Å²) in [4.78, 5) is 27.4. The average Bonchev–Trinajstić information content (AvgIpc) is 2.62. The van der Waals surface area contributed by atoms with Crippen LogP contribution >= 0.6 is 0 Å². The normalized spacial score (nSPS) is 10.3. The number of benzene rings is 2. The summed E-state index contributed by atoms with van der Waals surface area (Å²) in [5.74, 6) is -2.42. The molecule has 0 atom stereocenters. The molecule has 7 nitrogen and oxygen atoms in total. The predicted molar refractivity (Wildman–Crippen MR) is 91.8 cm³/mol. The molecule has 27 heavy (non-hydrogen) atoms. The van der Waals surface area contributed by atoms with Crippen LogP contribution in [0.15, 0.2) is 42.5 Å². The summed E-state index contributed by atoms with van der Waals surface area (Å²) < 4.78 is 0. The number of aryl methyl sites for hydroxylation is 1. The molecule has 0 saturated heterocycles. The van der Waals surface area contributed by atoms with E-state index in [1.165, 1.54) is 18.2 Å². The molecule has 8 heteroatoms. The van der Waals surface area contributed by atoms with Crippen molar-refractivity contribution in [2.75, 3.05) is 0 Å². The first-order chi connectivity index (χ1) is 12.4. The van der Waals surface area contributed by atoms with Gasteiger partial charge in [-0.25, -0.2) is 4.98 Å². The summed E-state index contributed by atoms with van der Waals surface area (Å²) in [5, 5.41) is 33.9. The largest absolute Gasteiger partial charge is 1.00 e. The van der Waals surface area contributed by atoms with Gasteiger partial charge in [-0.15, -0.1) is 0 Å².